The highest BCUT2D eigenvalue weighted by molar-refractivity contribution is 7.89. The van der Waals surface area contributed by atoms with Crippen molar-refractivity contribution >= 4 is 21.8 Å². The average molecular weight is 236 g/mol. The maximum atomic E-state index is 11.4. The Labute approximate surface area is 89.5 Å². The molecule has 0 rings (SSSR count). The van der Waals surface area contributed by atoms with Crippen LogP contribution in [0.25, 0.3) is 0 Å². The van der Waals surface area contributed by atoms with E-state index < -0.39 is 22.0 Å². The molecule has 0 aromatic carbocycles. The molecule has 0 aliphatic carbocycles. The number of nitrogens with one attached hydrogen (secondary N) is 2. The van der Waals surface area contributed by atoms with Crippen LogP contribution in [0.3, 0.4) is 0 Å². The molecule has 0 radical (unpaired) electrons. The van der Waals surface area contributed by atoms with Gasteiger partial charge in [-0.25, -0.2) is 8.42 Å². The molecular formula is C8H16N2O4S. The fourth-order valence-electron chi connectivity index (χ4n) is 1.06. The molecule has 0 aliphatic rings. The second-order valence-electron chi connectivity index (χ2n) is 3.28. The van der Waals surface area contributed by atoms with Gasteiger partial charge in [-0.05, 0) is 6.42 Å². The summed E-state index contributed by atoms with van der Waals surface area (Å²) in [6.45, 7) is 3.11. The molecule has 0 saturated heterocycles. The van der Waals surface area contributed by atoms with Crippen molar-refractivity contribution in [1.29, 1.82) is 0 Å². The highest BCUT2D eigenvalue weighted by Crippen LogP contribution is 1.97. The van der Waals surface area contributed by atoms with Crippen LogP contribution in [0.5, 0.6) is 0 Å². The van der Waals surface area contributed by atoms with Gasteiger partial charge in [-0.2, -0.15) is 0 Å². The van der Waals surface area contributed by atoms with E-state index in [0.29, 0.717) is 12.8 Å². The van der Waals surface area contributed by atoms with E-state index in [1.54, 1.807) is 0 Å². The van der Waals surface area contributed by atoms with Crippen LogP contribution in [0.15, 0.2) is 0 Å². The van der Waals surface area contributed by atoms with Crippen LogP contribution < -0.4 is 10.0 Å². The Morgan fingerprint density at radius 3 is 2.20 bits per heavy atom. The Balaban J connectivity index is 4.48. The first-order valence-corrected chi connectivity index (χ1v) is 6.44. The molecule has 0 fully saturated rings. The van der Waals surface area contributed by atoms with E-state index in [1.807, 2.05) is 11.6 Å². The minimum Gasteiger partial charge on any atom is -0.345 e. The van der Waals surface area contributed by atoms with Crippen LogP contribution in [-0.4, -0.2) is 32.5 Å². The Kier molecular flexibility index (Phi) is 5.27. The Morgan fingerprint density at radius 2 is 1.87 bits per heavy atom. The second-order valence-corrected chi connectivity index (χ2v) is 5.03. The minimum atomic E-state index is -3.57. The van der Waals surface area contributed by atoms with Crippen LogP contribution in [0.1, 0.15) is 26.7 Å². The standard InChI is InChI=1S/C8H16N2O4S/c1-4-5-7(9-6(2)11)8(12)10-15(3,13)14/h7H,4-5H2,1-3H3,(H,9,11)(H,10,12). The van der Waals surface area contributed by atoms with E-state index >= 15 is 0 Å². The molecule has 0 aliphatic heterocycles. The zero-order valence-corrected chi connectivity index (χ0v) is 9.85. The molecule has 1 unspecified atom stereocenters. The van der Waals surface area contributed by atoms with E-state index in [-0.39, 0.29) is 5.91 Å². The lowest BCUT2D eigenvalue weighted by Gasteiger charge is -2.15. The van der Waals surface area contributed by atoms with Gasteiger partial charge in [-0.3, -0.25) is 14.3 Å². The molecule has 15 heavy (non-hydrogen) atoms. The molecule has 6 nitrogen and oxygen atoms in total. The van der Waals surface area contributed by atoms with Gasteiger partial charge >= 0.3 is 0 Å². The molecular weight excluding hydrogens is 220 g/mol. The lowest BCUT2D eigenvalue weighted by molar-refractivity contribution is -0.127. The molecule has 2 amide bonds. The maximum absolute atomic E-state index is 11.4. The molecule has 2 N–H and O–H groups in total. The molecule has 0 aromatic rings. The lowest BCUT2D eigenvalue weighted by Crippen LogP contribution is -2.47. The number of amides is 2. The summed E-state index contributed by atoms with van der Waals surface area (Å²) in [4.78, 5) is 22.1. The fourth-order valence-corrected chi connectivity index (χ4v) is 1.56. The topological polar surface area (TPSA) is 92.3 Å². The predicted molar refractivity (Wildman–Crippen MR) is 55.5 cm³/mol. The van der Waals surface area contributed by atoms with E-state index in [9.17, 15) is 18.0 Å². The SMILES string of the molecule is CCCC(NC(C)=O)C(=O)NS(C)(=O)=O. The Hall–Kier alpha value is -1.11. The molecule has 88 valence electrons. The normalized spacial score (nSPS) is 13.0. The average Bonchev–Trinajstić information content (AvgIpc) is 1.99. The van der Waals surface area contributed by atoms with Gasteiger partial charge in [0.15, 0.2) is 0 Å². The van der Waals surface area contributed by atoms with Gasteiger partial charge in [0.1, 0.15) is 6.04 Å². The van der Waals surface area contributed by atoms with Crippen molar-refractivity contribution in [2.24, 2.45) is 0 Å². The zero-order valence-electron chi connectivity index (χ0n) is 9.03. The lowest BCUT2D eigenvalue weighted by atomic mass is 10.1. The van der Waals surface area contributed by atoms with Crippen LogP contribution in [-0.2, 0) is 19.6 Å². The van der Waals surface area contributed by atoms with Crippen molar-refractivity contribution in [3.8, 4) is 0 Å². The smallest absolute Gasteiger partial charge is 0.255 e. The Morgan fingerprint density at radius 1 is 1.33 bits per heavy atom. The van der Waals surface area contributed by atoms with Crippen molar-refractivity contribution in [2.45, 2.75) is 32.7 Å². The summed E-state index contributed by atoms with van der Waals surface area (Å²) in [6.07, 6.45) is 1.96. The second kappa shape index (κ2) is 5.69. The quantitative estimate of drug-likeness (QED) is 0.664. The van der Waals surface area contributed by atoms with Gasteiger partial charge in [0.25, 0.3) is 5.91 Å². The van der Waals surface area contributed by atoms with Crippen LogP contribution >= 0.6 is 0 Å². The molecule has 0 spiro atoms. The molecule has 0 aromatic heterocycles. The molecule has 1 atom stereocenters. The summed E-state index contributed by atoms with van der Waals surface area (Å²) in [5.41, 5.74) is 0. The number of rotatable bonds is 5. The van der Waals surface area contributed by atoms with Crippen molar-refractivity contribution in [3.63, 3.8) is 0 Å². The van der Waals surface area contributed by atoms with E-state index in [1.165, 1.54) is 6.92 Å². The van der Waals surface area contributed by atoms with Crippen molar-refractivity contribution < 1.29 is 18.0 Å². The highest BCUT2D eigenvalue weighted by Gasteiger charge is 2.20. The molecule has 0 bridgehead atoms. The first-order chi connectivity index (χ1) is 6.76. The summed E-state index contributed by atoms with van der Waals surface area (Å²) in [6, 6.07) is -0.790. The highest BCUT2D eigenvalue weighted by atomic mass is 32.2. The van der Waals surface area contributed by atoms with Crippen molar-refractivity contribution in [1.82, 2.24) is 10.0 Å². The summed E-state index contributed by atoms with van der Waals surface area (Å²) in [5, 5.41) is 2.39. The first kappa shape index (κ1) is 13.9. The number of sulfonamides is 1. The fraction of sp³-hybridized carbons (Fsp3) is 0.750. The molecule has 7 heteroatoms. The Bertz CT molecular complexity index is 337. The summed E-state index contributed by atoms with van der Waals surface area (Å²) < 4.78 is 23.4. The van der Waals surface area contributed by atoms with Crippen LogP contribution in [0.2, 0.25) is 0 Å². The number of hydrogen-bond donors (Lipinski definition) is 2. The number of hydrogen-bond acceptors (Lipinski definition) is 4. The number of carbonyl (C=O) groups excluding carboxylic acids is 2. The van der Waals surface area contributed by atoms with Gasteiger partial charge in [0.2, 0.25) is 15.9 Å². The molecule has 0 heterocycles. The maximum Gasteiger partial charge on any atom is 0.255 e. The monoisotopic (exact) mass is 236 g/mol. The van der Waals surface area contributed by atoms with E-state index in [0.717, 1.165) is 6.26 Å². The van der Waals surface area contributed by atoms with Gasteiger partial charge < -0.3 is 5.32 Å². The molecule has 0 saturated carbocycles. The number of carbonyl (C=O) groups is 2. The van der Waals surface area contributed by atoms with Gasteiger partial charge in [-0.1, -0.05) is 13.3 Å². The van der Waals surface area contributed by atoms with Gasteiger partial charge in [-0.15, -0.1) is 0 Å². The van der Waals surface area contributed by atoms with Crippen LogP contribution in [0.4, 0.5) is 0 Å². The van der Waals surface area contributed by atoms with Crippen molar-refractivity contribution in [2.75, 3.05) is 6.26 Å². The summed E-state index contributed by atoms with van der Waals surface area (Å²) in [5.74, 6) is -1.06. The van der Waals surface area contributed by atoms with Crippen LogP contribution in [0, 0.1) is 0 Å². The summed E-state index contributed by atoms with van der Waals surface area (Å²) >= 11 is 0. The van der Waals surface area contributed by atoms with Crippen molar-refractivity contribution in [3.05, 3.63) is 0 Å². The van der Waals surface area contributed by atoms with Gasteiger partial charge in [0, 0.05) is 6.92 Å². The predicted octanol–water partition coefficient (Wildman–Crippen LogP) is -0.633. The van der Waals surface area contributed by atoms with E-state index in [2.05, 4.69) is 5.32 Å². The third-order valence-electron chi connectivity index (χ3n) is 1.56. The van der Waals surface area contributed by atoms with Gasteiger partial charge in [0.05, 0.1) is 6.26 Å². The third kappa shape index (κ3) is 6.89. The first-order valence-electron chi connectivity index (χ1n) is 4.55. The zero-order chi connectivity index (χ0) is 12.1. The minimum absolute atomic E-state index is 0.364. The summed E-state index contributed by atoms with van der Waals surface area (Å²) in [7, 11) is -3.57. The largest absolute Gasteiger partial charge is 0.345 e. The van der Waals surface area contributed by atoms with E-state index in [4.69, 9.17) is 0 Å². The third-order valence-corrected chi connectivity index (χ3v) is 2.13.